The molecule has 0 fully saturated rings. The van der Waals surface area contributed by atoms with Gasteiger partial charge >= 0.3 is 0 Å². The Bertz CT molecular complexity index is 474. The van der Waals surface area contributed by atoms with Crippen molar-refractivity contribution in [1.29, 1.82) is 0 Å². The zero-order valence-corrected chi connectivity index (χ0v) is 12.8. The topological polar surface area (TPSA) is 46.4 Å². The molecular weight excluding hydrogens is 252 g/mol. The molecule has 4 nitrogen and oxygen atoms in total. The zero-order valence-electron chi connectivity index (χ0n) is 12.8. The first-order chi connectivity index (χ1) is 9.40. The van der Waals surface area contributed by atoms with Crippen LogP contribution in [-0.4, -0.2) is 11.5 Å². The van der Waals surface area contributed by atoms with Gasteiger partial charge in [0.2, 0.25) is 0 Å². The maximum atomic E-state index is 10.9. The number of nitro groups is 1. The Morgan fingerprint density at radius 2 is 1.95 bits per heavy atom. The zero-order chi connectivity index (χ0) is 15.3. The summed E-state index contributed by atoms with van der Waals surface area (Å²) in [5, 5.41) is 10.9. The van der Waals surface area contributed by atoms with E-state index in [-0.39, 0.29) is 10.6 Å². The van der Waals surface area contributed by atoms with Crippen LogP contribution in [0.25, 0.3) is 0 Å². The molecule has 0 aliphatic heterocycles. The van der Waals surface area contributed by atoms with E-state index in [1.165, 1.54) is 0 Å². The Morgan fingerprint density at radius 3 is 2.35 bits per heavy atom. The van der Waals surface area contributed by atoms with E-state index in [4.69, 9.17) is 0 Å². The van der Waals surface area contributed by atoms with Crippen LogP contribution in [0.4, 0.5) is 11.4 Å². The minimum absolute atomic E-state index is 0.148. The van der Waals surface area contributed by atoms with Crippen molar-refractivity contribution >= 4 is 11.4 Å². The molecule has 0 aliphatic carbocycles. The minimum atomic E-state index is -0.346. The second-order valence-electron chi connectivity index (χ2n) is 5.36. The van der Waals surface area contributed by atoms with Gasteiger partial charge in [-0.25, -0.2) is 0 Å². The Labute approximate surface area is 121 Å². The van der Waals surface area contributed by atoms with E-state index in [1.54, 1.807) is 12.1 Å². The average molecular weight is 276 g/mol. The summed E-state index contributed by atoms with van der Waals surface area (Å²) in [6, 6.07) is 3.25. The van der Waals surface area contributed by atoms with Gasteiger partial charge < -0.3 is 4.90 Å². The molecule has 4 heteroatoms. The maximum absolute atomic E-state index is 10.9. The van der Waals surface area contributed by atoms with Crippen molar-refractivity contribution in [1.82, 2.24) is 0 Å². The van der Waals surface area contributed by atoms with Crippen LogP contribution in [-0.2, 0) is 0 Å². The first-order valence-electron chi connectivity index (χ1n) is 7.05. The third-order valence-corrected chi connectivity index (χ3v) is 3.75. The van der Waals surface area contributed by atoms with Crippen LogP contribution in [0.5, 0.6) is 0 Å². The van der Waals surface area contributed by atoms with Gasteiger partial charge in [0, 0.05) is 24.4 Å². The van der Waals surface area contributed by atoms with E-state index in [2.05, 4.69) is 25.3 Å². The summed E-state index contributed by atoms with van der Waals surface area (Å²) in [6.07, 6.45) is 4.05. The molecule has 0 radical (unpaired) electrons. The van der Waals surface area contributed by atoms with Crippen molar-refractivity contribution in [3.8, 4) is 0 Å². The van der Waals surface area contributed by atoms with Gasteiger partial charge in [0.05, 0.1) is 4.92 Å². The Balaban J connectivity index is 3.03. The number of aryl methyl sites for hydroxylation is 2. The second-order valence-corrected chi connectivity index (χ2v) is 5.36. The first-order valence-corrected chi connectivity index (χ1v) is 7.05. The van der Waals surface area contributed by atoms with Crippen LogP contribution in [0, 0.1) is 29.9 Å². The van der Waals surface area contributed by atoms with Crippen molar-refractivity contribution in [3.05, 3.63) is 46.2 Å². The van der Waals surface area contributed by atoms with E-state index in [0.29, 0.717) is 5.92 Å². The minimum Gasteiger partial charge on any atom is -0.348 e. The van der Waals surface area contributed by atoms with Crippen LogP contribution in [0.1, 0.15) is 37.8 Å². The van der Waals surface area contributed by atoms with E-state index < -0.39 is 0 Å². The molecule has 1 unspecified atom stereocenters. The highest BCUT2D eigenvalue weighted by atomic mass is 16.6. The molecule has 1 aromatic carbocycles. The lowest BCUT2D eigenvalue weighted by Crippen LogP contribution is -2.21. The van der Waals surface area contributed by atoms with Crippen molar-refractivity contribution in [3.63, 3.8) is 0 Å². The maximum Gasteiger partial charge on any atom is 0.270 e. The highest BCUT2D eigenvalue weighted by molar-refractivity contribution is 5.64. The Kier molecular flexibility index (Phi) is 5.74. The summed E-state index contributed by atoms with van der Waals surface area (Å²) in [4.78, 5) is 12.6. The number of nitrogens with zero attached hydrogens (tertiary/aromatic N) is 2. The number of benzene rings is 1. The molecule has 1 aromatic rings. The summed E-state index contributed by atoms with van der Waals surface area (Å²) in [7, 11) is 0. The molecule has 0 aliphatic rings. The largest absolute Gasteiger partial charge is 0.348 e. The predicted octanol–water partition coefficient (Wildman–Crippen LogP) is 4.60. The molecule has 0 heterocycles. The van der Waals surface area contributed by atoms with Crippen molar-refractivity contribution in [2.75, 3.05) is 11.4 Å². The highest BCUT2D eigenvalue weighted by Gasteiger charge is 2.16. The molecule has 0 N–H and O–H groups in total. The van der Waals surface area contributed by atoms with Gasteiger partial charge in [-0.3, -0.25) is 10.1 Å². The highest BCUT2D eigenvalue weighted by Crippen LogP contribution is 2.30. The third-order valence-electron chi connectivity index (χ3n) is 3.75. The number of hydrogen-bond acceptors (Lipinski definition) is 3. The van der Waals surface area contributed by atoms with Crippen molar-refractivity contribution < 1.29 is 4.92 Å². The summed E-state index contributed by atoms with van der Waals surface area (Å²) < 4.78 is 0. The molecule has 1 rings (SSSR count). The second kappa shape index (κ2) is 7.08. The molecule has 20 heavy (non-hydrogen) atoms. The van der Waals surface area contributed by atoms with Crippen LogP contribution in [0.2, 0.25) is 0 Å². The quantitative estimate of drug-likeness (QED) is 0.540. The standard InChI is InChI=1S/C16H24N2O2/c1-6-12(3)8-9-17(7-2)16-13(4)10-15(18(19)20)11-14(16)5/h7,10-12H,2,6,8-9H2,1,3-5H3. The number of rotatable bonds is 7. The fourth-order valence-corrected chi connectivity index (χ4v) is 2.35. The molecule has 110 valence electrons. The Hall–Kier alpha value is -1.84. The van der Waals surface area contributed by atoms with Crippen molar-refractivity contribution in [2.45, 2.75) is 40.5 Å². The third kappa shape index (κ3) is 3.83. The lowest BCUT2D eigenvalue weighted by atomic mass is 10.0. The van der Waals surface area contributed by atoms with Gasteiger partial charge in [0.1, 0.15) is 0 Å². The molecule has 0 amide bonds. The summed E-state index contributed by atoms with van der Waals surface area (Å²) >= 11 is 0. The van der Waals surface area contributed by atoms with Gasteiger partial charge in [0.15, 0.2) is 0 Å². The van der Waals surface area contributed by atoms with Gasteiger partial charge in [-0.1, -0.05) is 26.8 Å². The normalized spacial score (nSPS) is 12.0. The molecule has 0 saturated heterocycles. The molecule has 1 atom stereocenters. The van der Waals surface area contributed by atoms with E-state index in [0.717, 1.165) is 36.2 Å². The van der Waals surface area contributed by atoms with Crippen LogP contribution < -0.4 is 4.90 Å². The van der Waals surface area contributed by atoms with E-state index in [1.807, 2.05) is 20.0 Å². The average Bonchev–Trinajstić information content (AvgIpc) is 2.40. The van der Waals surface area contributed by atoms with Gasteiger partial charge in [-0.15, -0.1) is 0 Å². The molecule has 0 saturated carbocycles. The summed E-state index contributed by atoms with van der Waals surface area (Å²) in [5.41, 5.74) is 3.02. The van der Waals surface area contributed by atoms with E-state index >= 15 is 0 Å². The number of hydrogen-bond donors (Lipinski definition) is 0. The molecule has 0 bridgehead atoms. The van der Waals surface area contributed by atoms with Gasteiger partial charge in [-0.2, -0.15) is 0 Å². The van der Waals surface area contributed by atoms with Gasteiger partial charge in [0.25, 0.3) is 5.69 Å². The number of anilines is 1. The fraction of sp³-hybridized carbons (Fsp3) is 0.500. The smallest absolute Gasteiger partial charge is 0.270 e. The summed E-state index contributed by atoms with van der Waals surface area (Å²) in [6.45, 7) is 13.0. The van der Waals surface area contributed by atoms with Crippen LogP contribution >= 0.6 is 0 Å². The Morgan fingerprint density at radius 1 is 1.40 bits per heavy atom. The number of nitro benzene ring substituents is 1. The summed E-state index contributed by atoms with van der Waals surface area (Å²) in [5.74, 6) is 0.663. The lowest BCUT2D eigenvalue weighted by molar-refractivity contribution is -0.384. The predicted molar refractivity (Wildman–Crippen MR) is 84.2 cm³/mol. The SMILES string of the molecule is C=CN(CCC(C)CC)c1c(C)cc([N+](=O)[O-])cc1C. The fourth-order valence-electron chi connectivity index (χ4n) is 2.35. The number of non-ortho nitro benzene ring substituents is 1. The van der Waals surface area contributed by atoms with Crippen LogP contribution in [0.3, 0.4) is 0 Å². The van der Waals surface area contributed by atoms with Gasteiger partial charge in [-0.05, 0) is 43.5 Å². The van der Waals surface area contributed by atoms with Crippen molar-refractivity contribution in [2.24, 2.45) is 5.92 Å². The van der Waals surface area contributed by atoms with Crippen LogP contribution in [0.15, 0.2) is 24.9 Å². The first kappa shape index (κ1) is 16.2. The molecular formula is C16H24N2O2. The molecule has 0 spiro atoms. The molecule has 0 aromatic heterocycles. The lowest BCUT2D eigenvalue weighted by Gasteiger charge is -2.25. The van der Waals surface area contributed by atoms with E-state index in [9.17, 15) is 10.1 Å². The monoisotopic (exact) mass is 276 g/mol.